The second-order valence-corrected chi connectivity index (χ2v) is 7.70. The summed E-state index contributed by atoms with van der Waals surface area (Å²) in [7, 11) is 2.61. The van der Waals surface area contributed by atoms with E-state index in [0.29, 0.717) is 29.5 Å². The molecule has 7 heteroatoms. The number of carbonyl (C=O) groups excluding carboxylic acids is 2. The molecule has 0 aliphatic carbocycles. The van der Waals surface area contributed by atoms with Gasteiger partial charge in [-0.1, -0.05) is 60.7 Å². The Morgan fingerprint density at radius 1 is 0.848 bits per heavy atom. The molecular formula is C26H26N2O4S. The summed E-state index contributed by atoms with van der Waals surface area (Å²) in [5.74, 6) is -1.04. The zero-order valence-electron chi connectivity index (χ0n) is 18.6. The smallest absolute Gasteiger partial charge is 0.339 e. The summed E-state index contributed by atoms with van der Waals surface area (Å²) >= 11 is 5.74. The van der Waals surface area contributed by atoms with Gasteiger partial charge >= 0.3 is 11.9 Å². The molecule has 0 atom stereocenters. The van der Waals surface area contributed by atoms with Crippen molar-refractivity contribution in [2.75, 3.05) is 26.1 Å². The highest BCUT2D eigenvalue weighted by molar-refractivity contribution is 7.80. The van der Waals surface area contributed by atoms with Gasteiger partial charge in [0.05, 0.1) is 31.0 Å². The lowest BCUT2D eigenvalue weighted by molar-refractivity contribution is 0.0587. The molecule has 0 saturated heterocycles. The van der Waals surface area contributed by atoms with Crippen molar-refractivity contribution < 1.29 is 19.1 Å². The predicted molar refractivity (Wildman–Crippen MR) is 132 cm³/mol. The minimum Gasteiger partial charge on any atom is -0.465 e. The number of nitrogens with zero attached hydrogens (tertiary/aromatic N) is 1. The lowest BCUT2D eigenvalue weighted by Crippen LogP contribution is -2.36. The molecule has 3 rings (SSSR count). The number of thiocarbonyl (C=S) groups is 1. The Morgan fingerprint density at radius 2 is 1.45 bits per heavy atom. The van der Waals surface area contributed by atoms with E-state index >= 15 is 0 Å². The van der Waals surface area contributed by atoms with Crippen LogP contribution in [0.4, 0.5) is 5.69 Å². The quantitative estimate of drug-likeness (QED) is 0.384. The standard InChI is InChI=1S/C26H26N2O4S/c1-31-24(29)21-13-14-22(25(30)32-2)23(17-21)27-26(33)28(18-20-11-7-4-8-12-20)16-15-19-9-5-3-6-10-19/h3-14,17H,15-16,18H2,1-2H3,(H,27,33). The zero-order valence-corrected chi connectivity index (χ0v) is 19.4. The van der Waals surface area contributed by atoms with E-state index in [2.05, 4.69) is 17.4 Å². The summed E-state index contributed by atoms with van der Waals surface area (Å²) in [6.45, 7) is 1.25. The maximum Gasteiger partial charge on any atom is 0.339 e. The van der Waals surface area contributed by atoms with Gasteiger partial charge in [0.15, 0.2) is 5.11 Å². The summed E-state index contributed by atoms with van der Waals surface area (Å²) in [6, 6.07) is 24.7. The Kier molecular flexibility index (Phi) is 8.55. The van der Waals surface area contributed by atoms with Crippen molar-refractivity contribution in [1.29, 1.82) is 0 Å². The van der Waals surface area contributed by atoms with Crippen LogP contribution in [0.1, 0.15) is 31.8 Å². The van der Waals surface area contributed by atoms with E-state index in [0.717, 1.165) is 12.0 Å². The van der Waals surface area contributed by atoms with Crippen LogP contribution in [0.15, 0.2) is 78.9 Å². The fourth-order valence-corrected chi connectivity index (χ4v) is 3.61. The number of nitrogens with one attached hydrogen (secondary N) is 1. The number of esters is 2. The van der Waals surface area contributed by atoms with E-state index in [1.54, 1.807) is 6.07 Å². The van der Waals surface area contributed by atoms with Gasteiger partial charge < -0.3 is 19.7 Å². The molecule has 0 radical (unpaired) electrons. The van der Waals surface area contributed by atoms with Gasteiger partial charge in [0.1, 0.15) is 0 Å². The van der Waals surface area contributed by atoms with Gasteiger partial charge in [-0.05, 0) is 48.0 Å². The molecule has 3 aromatic rings. The van der Waals surface area contributed by atoms with Crippen LogP contribution in [0.2, 0.25) is 0 Å². The minimum atomic E-state index is -0.532. The summed E-state index contributed by atoms with van der Waals surface area (Å²) in [4.78, 5) is 26.4. The Hall–Kier alpha value is -3.71. The number of hydrogen-bond donors (Lipinski definition) is 1. The van der Waals surface area contributed by atoms with Crippen LogP contribution >= 0.6 is 12.2 Å². The summed E-state index contributed by atoms with van der Waals surface area (Å²) in [5.41, 5.74) is 3.25. The maximum absolute atomic E-state index is 12.3. The van der Waals surface area contributed by atoms with E-state index in [4.69, 9.17) is 21.7 Å². The molecule has 0 aliphatic rings. The Labute approximate surface area is 199 Å². The molecule has 0 aromatic heterocycles. The van der Waals surface area contributed by atoms with Gasteiger partial charge in [0.25, 0.3) is 0 Å². The molecule has 0 saturated carbocycles. The van der Waals surface area contributed by atoms with Crippen molar-refractivity contribution in [3.05, 3.63) is 101 Å². The molecule has 3 aromatic carbocycles. The average Bonchev–Trinajstić information content (AvgIpc) is 2.86. The van der Waals surface area contributed by atoms with Crippen molar-refractivity contribution in [2.45, 2.75) is 13.0 Å². The lowest BCUT2D eigenvalue weighted by Gasteiger charge is -2.27. The molecule has 0 bridgehead atoms. The second-order valence-electron chi connectivity index (χ2n) is 7.32. The van der Waals surface area contributed by atoms with Gasteiger partial charge in [-0.25, -0.2) is 9.59 Å². The topological polar surface area (TPSA) is 67.9 Å². The molecule has 0 spiro atoms. The van der Waals surface area contributed by atoms with Crippen molar-refractivity contribution >= 4 is 35.0 Å². The number of rotatable bonds is 8. The van der Waals surface area contributed by atoms with Crippen LogP contribution in [0.5, 0.6) is 0 Å². The van der Waals surface area contributed by atoms with Crippen LogP contribution in [0.25, 0.3) is 0 Å². The molecule has 0 amide bonds. The minimum absolute atomic E-state index is 0.273. The third-order valence-electron chi connectivity index (χ3n) is 5.10. The largest absolute Gasteiger partial charge is 0.465 e. The first-order valence-electron chi connectivity index (χ1n) is 10.5. The molecule has 0 fully saturated rings. The third kappa shape index (κ3) is 6.63. The van der Waals surface area contributed by atoms with Crippen LogP contribution < -0.4 is 5.32 Å². The molecular weight excluding hydrogens is 436 g/mol. The van der Waals surface area contributed by atoms with Crippen molar-refractivity contribution in [3.8, 4) is 0 Å². The number of benzene rings is 3. The maximum atomic E-state index is 12.3. The number of hydrogen-bond acceptors (Lipinski definition) is 5. The van der Waals surface area contributed by atoms with Gasteiger partial charge in [-0.3, -0.25) is 0 Å². The van der Waals surface area contributed by atoms with Crippen molar-refractivity contribution in [3.63, 3.8) is 0 Å². The zero-order chi connectivity index (χ0) is 23.6. The fraction of sp³-hybridized carbons (Fsp3) is 0.192. The number of carbonyl (C=O) groups is 2. The van der Waals surface area contributed by atoms with E-state index in [9.17, 15) is 9.59 Å². The first-order chi connectivity index (χ1) is 16.0. The molecule has 0 aliphatic heterocycles. The van der Waals surface area contributed by atoms with Gasteiger partial charge in [0, 0.05) is 13.1 Å². The molecule has 33 heavy (non-hydrogen) atoms. The first-order valence-corrected chi connectivity index (χ1v) is 10.9. The van der Waals surface area contributed by atoms with Crippen LogP contribution in [-0.4, -0.2) is 42.7 Å². The lowest BCUT2D eigenvalue weighted by atomic mass is 10.1. The highest BCUT2D eigenvalue weighted by Gasteiger charge is 2.19. The average molecular weight is 463 g/mol. The van der Waals surface area contributed by atoms with Gasteiger partial charge in [0.2, 0.25) is 0 Å². The van der Waals surface area contributed by atoms with Crippen molar-refractivity contribution in [1.82, 2.24) is 4.90 Å². The Balaban J connectivity index is 1.86. The van der Waals surface area contributed by atoms with E-state index < -0.39 is 11.9 Å². The molecule has 170 valence electrons. The van der Waals surface area contributed by atoms with Crippen molar-refractivity contribution in [2.24, 2.45) is 0 Å². The van der Waals surface area contributed by atoms with E-state index in [-0.39, 0.29) is 5.56 Å². The Bertz CT molecular complexity index is 1100. The third-order valence-corrected chi connectivity index (χ3v) is 5.46. The SMILES string of the molecule is COC(=O)c1ccc(C(=O)OC)c(NC(=S)N(CCc2ccccc2)Cc2ccccc2)c1. The summed E-state index contributed by atoms with van der Waals surface area (Å²) < 4.78 is 9.71. The molecule has 0 unspecified atom stereocenters. The number of ether oxygens (including phenoxy) is 2. The monoisotopic (exact) mass is 462 g/mol. The van der Waals surface area contributed by atoms with Gasteiger partial charge in [-0.2, -0.15) is 0 Å². The van der Waals surface area contributed by atoms with E-state index in [1.807, 2.05) is 53.4 Å². The van der Waals surface area contributed by atoms with E-state index in [1.165, 1.54) is 31.9 Å². The fourth-order valence-electron chi connectivity index (χ4n) is 3.34. The first kappa shape index (κ1) is 23.9. The highest BCUT2D eigenvalue weighted by atomic mass is 32.1. The summed E-state index contributed by atoms with van der Waals surface area (Å²) in [5, 5.41) is 3.58. The molecule has 0 heterocycles. The van der Waals surface area contributed by atoms with Crippen LogP contribution in [-0.2, 0) is 22.4 Å². The van der Waals surface area contributed by atoms with Crippen LogP contribution in [0, 0.1) is 0 Å². The Morgan fingerprint density at radius 3 is 2.06 bits per heavy atom. The second kappa shape index (κ2) is 11.8. The molecule has 6 nitrogen and oxygen atoms in total. The van der Waals surface area contributed by atoms with Crippen LogP contribution in [0.3, 0.4) is 0 Å². The van der Waals surface area contributed by atoms with Gasteiger partial charge in [-0.15, -0.1) is 0 Å². The highest BCUT2D eigenvalue weighted by Crippen LogP contribution is 2.21. The normalized spacial score (nSPS) is 10.2. The summed E-state index contributed by atoms with van der Waals surface area (Å²) in [6.07, 6.45) is 0.793. The molecule has 1 N–H and O–H groups in total. The predicted octanol–water partition coefficient (Wildman–Crippen LogP) is 4.70. The number of anilines is 1. The number of methoxy groups -OCH3 is 2.